The third kappa shape index (κ3) is 5.27. The lowest BCUT2D eigenvalue weighted by Crippen LogP contribution is -2.35. The Morgan fingerprint density at radius 1 is 1.21 bits per heavy atom. The molecule has 0 aliphatic carbocycles. The van der Waals surface area contributed by atoms with Gasteiger partial charge in [0.15, 0.2) is 5.82 Å². The van der Waals surface area contributed by atoms with Gasteiger partial charge in [0.1, 0.15) is 0 Å². The molecule has 1 saturated heterocycles. The summed E-state index contributed by atoms with van der Waals surface area (Å²) in [4.78, 5) is 6.65. The lowest BCUT2D eigenvalue weighted by atomic mass is 10.1. The molecule has 2 aromatic rings. The van der Waals surface area contributed by atoms with E-state index in [-0.39, 0.29) is 0 Å². The standard InChI is InChI=1S/C20H31N5O3S/c1-15(2)12-19-22-20(28-23-19)14-21-17-13-16(8-9-18(17)24(3)4)29(26,27)25-10-6-5-7-11-25/h8-9,13,15,21H,5-7,10-12,14H2,1-4H3. The van der Waals surface area contributed by atoms with Crippen LogP contribution in [0.2, 0.25) is 0 Å². The monoisotopic (exact) mass is 421 g/mol. The van der Waals surface area contributed by atoms with Crippen molar-refractivity contribution >= 4 is 21.4 Å². The molecule has 1 aliphatic rings. The van der Waals surface area contributed by atoms with Crippen molar-refractivity contribution in [1.29, 1.82) is 0 Å². The molecule has 1 aromatic heterocycles. The van der Waals surface area contributed by atoms with E-state index in [0.29, 0.717) is 42.2 Å². The van der Waals surface area contributed by atoms with E-state index in [9.17, 15) is 8.42 Å². The maximum atomic E-state index is 13.0. The molecule has 9 heteroatoms. The highest BCUT2D eigenvalue weighted by molar-refractivity contribution is 7.89. The fourth-order valence-electron chi connectivity index (χ4n) is 3.44. The Hall–Kier alpha value is -2.13. The minimum Gasteiger partial charge on any atom is -0.376 e. The second-order valence-corrected chi connectivity index (χ2v) is 10.0. The molecule has 0 unspecified atom stereocenters. The number of hydrogen-bond donors (Lipinski definition) is 1. The molecule has 0 saturated carbocycles. The normalized spacial score (nSPS) is 15.6. The van der Waals surface area contributed by atoms with Crippen molar-refractivity contribution in [3.63, 3.8) is 0 Å². The van der Waals surface area contributed by atoms with Crippen LogP contribution in [0.4, 0.5) is 11.4 Å². The minimum absolute atomic E-state index is 0.304. The molecule has 29 heavy (non-hydrogen) atoms. The van der Waals surface area contributed by atoms with Gasteiger partial charge in [0.25, 0.3) is 0 Å². The maximum absolute atomic E-state index is 13.0. The van der Waals surface area contributed by atoms with Crippen LogP contribution in [-0.4, -0.2) is 50.0 Å². The summed E-state index contributed by atoms with van der Waals surface area (Å²) in [7, 11) is 0.351. The van der Waals surface area contributed by atoms with E-state index in [1.165, 1.54) is 0 Å². The second-order valence-electron chi connectivity index (χ2n) is 8.09. The molecule has 1 fully saturated rings. The molecule has 0 bridgehead atoms. The molecule has 8 nitrogen and oxygen atoms in total. The van der Waals surface area contributed by atoms with Gasteiger partial charge in [0.05, 0.1) is 22.8 Å². The van der Waals surface area contributed by atoms with E-state index in [0.717, 1.165) is 37.1 Å². The number of hydrogen-bond acceptors (Lipinski definition) is 7. The zero-order chi connectivity index (χ0) is 21.0. The van der Waals surface area contributed by atoms with Crippen LogP contribution in [0.25, 0.3) is 0 Å². The van der Waals surface area contributed by atoms with E-state index in [4.69, 9.17) is 4.52 Å². The zero-order valence-electron chi connectivity index (χ0n) is 17.7. The van der Waals surface area contributed by atoms with Crippen LogP contribution in [0.15, 0.2) is 27.6 Å². The van der Waals surface area contributed by atoms with Gasteiger partial charge in [-0.2, -0.15) is 9.29 Å². The first-order valence-corrected chi connectivity index (χ1v) is 11.6. The van der Waals surface area contributed by atoms with Crippen molar-refractivity contribution in [1.82, 2.24) is 14.4 Å². The smallest absolute Gasteiger partial charge is 0.245 e. The Labute approximate surface area is 173 Å². The van der Waals surface area contributed by atoms with Crippen LogP contribution >= 0.6 is 0 Å². The summed E-state index contributed by atoms with van der Waals surface area (Å²) in [5.41, 5.74) is 1.61. The van der Waals surface area contributed by atoms with Crippen molar-refractivity contribution < 1.29 is 12.9 Å². The van der Waals surface area contributed by atoms with Gasteiger partial charge in [-0.05, 0) is 37.0 Å². The summed E-state index contributed by atoms with van der Waals surface area (Å²) in [6.45, 7) is 5.71. The Balaban J connectivity index is 1.81. The summed E-state index contributed by atoms with van der Waals surface area (Å²) < 4.78 is 33.0. The average Bonchev–Trinajstić information content (AvgIpc) is 3.13. The third-order valence-corrected chi connectivity index (χ3v) is 6.83. The maximum Gasteiger partial charge on any atom is 0.245 e. The molecule has 0 amide bonds. The first-order valence-electron chi connectivity index (χ1n) is 10.1. The van der Waals surface area contributed by atoms with Gasteiger partial charge >= 0.3 is 0 Å². The zero-order valence-corrected chi connectivity index (χ0v) is 18.5. The van der Waals surface area contributed by atoms with Crippen molar-refractivity contribution in [2.75, 3.05) is 37.4 Å². The second kappa shape index (κ2) is 9.13. The van der Waals surface area contributed by atoms with E-state index in [2.05, 4.69) is 29.3 Å². The number of anilines is 2. The predicted molar refractivity (Wildman–Crippen MR) is 114 cm³/mol. The van der Waals surface area contributed by atoms with Crippen LogP contribution < -0.4 is 10.2 Å². The van der Waals surface area contributed by atoms with Crippen LogP contribution in [0.1, 0.15) is 44.8 Å². The molecule has 160 valence electrons. The Morgan fingerprint density at radius 3 is 2.59 bits per heavy atom. The van der Waals surface area contributed by atoms with Crippen LogP contribution in [0.3, 0.4) is 0 Å². The van der Waals surface area contributed by atoms with Gasteiger partial charge in [0.2, 0.25) is 15.9 Å². The van der Waals surface area contributed by atoms with Crippen LogP contribution in [-0.2, 0) is 23.0 Å². The molecular formula is C20H31N5O3S. The van der Waals surface area contributed by atoms with Gasteiger partial charge in [-0.3, -0.25) is 0 Å². The molecule has 1 aromatic carbocycles. The van der Waals surface area contributed by atoms with Crippen molar-refractivity contribution in [2.45, 2.75) is 51.0 Å². The number of sulfonamides is 1. The number of piperidine rings is 1. The van der Waals surface area contributed by atoms with Gasteiger partial charge in [-0.25, -0.2) is 8.42 Å². The lowest BCUT2D eigenvalue weighted by molar-refractivity contribution is 0.346. The number of benzene rings is 1. The Morgan fingerprint density at radius 2 is 1.93 bits per heavy atom. The predicted octanol–water partition coefficient (Wildman–Crippen LogP) is 3.12. The van der Waals surface area contributed by atoms with Crippen molar-refractivity contribution in [3.8, 4) is 0 Å². The topological polar surface area (TPSA) is 91.6 Å². The minimum atomic E-state index is -3.50. The van der Waals surface area contributed by atoms with Crippen LogP contribution in [0, 0.1) is 5.92 Å². The average molecular weight is 422 g/mol. The largest absolute Gasteiger partial charge is 0.376 e. The van der Waals surface area contributed by atoms with Gasteiger partial charge in [-0.15, -0.1) is 0 Å². The quantitative estimate of drug-likeness (QED) is 0.700. The highest BCUT2D eigenvalue weighted by Crippen LogP contribution is 2.30. The van der Waals surface area contributed by atoms with E-state index >= 15 is 0 Å². The van der Waals surface area contributed by atoms with Crippen LogP contribution in [0.5, 0.6) is 0 Å². The number of aromatic nitrogens is 2. The summed E-state index contributed by atoms with van der Waals surface area (Å²) >= 11 is 0. The Bertz CT molecular complexity index is 918. The van der Waals surface area contributed by atoms with Crippen molar-refractivity contribution in [2.24, 2.45) is 5.92 Å². The number of rotatable bonds is 8. The summed E-state index contributed by atoms with van der Waals surface area (Å²) in [6.07, 6.45) is 3.67. The molecule has 0 spiro atoms. The van der Waals surface area contributed by atoms with Gasteiger partial charge < -0.3 is 14.7 Å². The van der Waals surface area contributed by atoms with Gasteiger partial charge in [-0.1, -0.05) is 25.4 Å². The number of nitrogens with one attached hydrogen (secondary N) is 1. The molecule has 0 radical (unpaired) electrons. The number of nitrogens with zero attached hydrogens (tertiary/aromatic N) is 4. The van der Waals surface area contributed by atoms with E-state index in [1.807, 2.05) is 25.1 Å². The SMILES string of the molecule is CC(C)Cc1noc(CNc2cc(S(=O)(=O)N3CCCCC3)ccc2N(C)C)n1. The van der Waals surface area contributed by atoms with Crippen molar-refractivity contribution in [3.05, 3.63) is 29.9 Å². The third-order valence-electron chi connectivity index (χ3n) is 4.93. The van der Waals surface area contributed by atoms with E-state index in [1.54, 1.807) is 16.4 Å². The molecule has 0 atom stereocenters. The molecule has 3 rings (SSSR count). The molecule has 2 heterocycles. The Kier molecular flexibility index (Phi) is 6.79. The van der Waals surface area contributed by atoms with Gasteiger partial charge in [0, 0.05) is 33.6 Å². The fraction of sp³-hybridized carbons (Fsp3) is 0.600. The summed E-state index contributed by atoms with van der Waals surface area (Å²) in [5, 5.41) is 7.28. The highest BCUT2D eigenvalue weighted by atomic mass is 32.2. The first-order chi connectivity index (χ1) is 13.8. The highest BCUT2D eigenvalue weighted by Gasteiger charge is 2.26. The fourth-order valence-corrected chi connectivity index (χ4v) is 4.99. The molecule has 1 aliphatic heterocycles. The first kappa shape index (κ1) is 21.6. The molecular weight excluding hydrogens is 390 g/mol. The summed E-state index contributed by atoms with van der Waals surface area (Å²) in [6, 6.07) is 5.21. The lowest BCUT2D eigenvalue weighted by Gasteiger charge is -2.26. The molecule has 1 N–H and O–H groups in total. The van der Waals surface area contributed by atoms with E-state index < -0.39 is 10.0 Å². The summed E-state index contributed by atoms with van der Waals surface area (Å²) in [5.74, 6) is 1.62.